The van der Waals surface area contributed by atoms with Gasteiger partial charge in [0.15, 0.2) is 5.69 Å². The molecule has 0 atom stereocenters. The van der Waals surface area contributed by atoms with E-state index in [1.165, 1.54) is 12.6 Å². The Kier molecular flexibility index (Phi) is 2.30. The van der Waals surface area contributed by atoms with Crippen LogP contribution in [0.5, 0.6) is 5.88 Å². The van der Waals surface area contributed by atoms with Gasteiger partial charge in [-0.05, 0) is 19.3 Å². The minimum atomic E-state index is -0.104. The molecule has 0 amide bonds. The van der Waals surface area contributed by atoms with E-state index in [4.69, 9.17) is 15.9 Å². The molecule has 0 saturated heterocycles. The van der Waals surface area contributed by atoms with Crippen molar-refractivity contribution in [3.05, 3.63) is 18.1 Å². The Balaban J connectivity index is 2.17. The molecule has 1 aliphatic carbocycles. The van der Waals surface area contributed by atoms with E-state index in [1.54, 1.807) is 6.20 Å². The Morgan fingerprint density at radius 2 is 2.14 bits per heavy atom. The molecule has 1 fully saturated rings. The molecule has 14 heavy (non-hydrogen) atoms. The number of nitrogens with two attached hydrogens (primary N) is 1. The van der Waals surface area contributed by atoms with E-state index in [-0.39, 0.29) is 11.9 Å². The highest BCUT2D eigenvalue weighted by Gasteiger charge is 2.21. The van der Waals surface area contributed by atoms with Gasteiger partial charge in [-0.1, -0.05) is 0 Å². The molecule has 0 bridgehead atoms. The number of hydrogen-bond acceptors (Lipinski definition) is 4. The Morgan fingerprint density at radius 1 is 1.43 bits per heavy atom. The lowest BCUT2D eigenvalue weighted by molar-refractivity contribution is 0.114. The second kappa shape index (κ2) is 3.61. The molecule has 1 saturated carbocycles. The van der Waals surface area contributed by atoms with E-state index < -0.39 is 0 Å². The Bertz CT molecular complexity index is 348. The standard InChI is InChI=1S/C9H12N4O/c10-8(11)7-9(13-5-4-12-7)14-6-2-1-3-6/h4-6H,1-3H2,(H3,10,11). The lowest BCUT2D eigenvalue weighted by Gasteiger charge is -2.26. The summed E-state index contributed by atoms with van der Waals surface area (Å²) in [5.41, 5.74) is 5.68. The average molecular weight is 192 g/mol. The summed E-state index contributed by atoms with van der Waals surface area (Å²) in [6, 6.07) is 0. The first-order valence-electron chi connectivity index (χ1n) is 4.59. The van der Waals surface area contributed by atoms with Gasteiger partial charge in [0.05, 0.1) is 0 Å². The van der Waals surface area contributed by atoms with Crippen molar-refractivity contribution in [2.75, 3.05) is 0 Å². The minimum absolute atomic E-state index is 0.104. The van der Waals surface area contributed by atoms with Gasteiger partial charge in [-0.25, -0.2) is 9.97 Å². The fraction of sp³-hybridized carbons (Fsp3) is 0.444. The maximum Gasteiger partial charge on any atom is 0.244 e. The highest BCUT2D eigenvalue weighted by molar-refractivity contribution is 5.94. The highest BCUT2D eigenvalue weighted by Crippen LogP contribution is 2.24. The zero-order valence-electron chi connectivity index (χ0n) is 7.73. The van der Waals surface area contributed by atoms with Crippen LogP contribution in [0.2, 0.25) is 0 Å². The number of rotatable bonds is 3. The van der Waals surface area contributed by atoms with E-state index in [1.807, 2.05) is 0 Å². The molecule has 0 spiro atoms. The van der Waals surface area contributed by atoms with Crippen molar-refractivity contribution in [3.8, 4) is 5.88 Å². The van der Waals surface area contributed by atoms with Gasteiger partial charge in [0.1, 0.15) is 11.9 Å². The normalized spacial score (nSPS) is 16.0. The van der Waals surface area contributed by atoms with Crippen molar-refractivity contribution in [1.82, 2.24) is 9.97 Å². The molecule has 2 rings (SSSR count). The van der Waals surface area contributed by atoms with Crippen molar-refractivity contribution in [1.29, 1.82) is 5.41 Å². The van der Waals surface area contributed by atoms with Crippen LogP contribution in [0.1, 0.15) is 25.0 Å². The van der Waals surface area contributed by atoms with E-state index in [9.17, 15) is 0 Å². The summed E-state index contributed by atoms with van der Waals surface area (Å²) >= 11 is 0. The van der Waals surface area contributed by atoms with Crippen LogP contribution in [0.3, 0.4) is 0 Å². The molecule has 0 aliphatic heterocycles. The van der Waals surface area contributed by atoms with Crippen molar-refractivity contribution >= 4 is 5.84 Å². The minimum Gasteiger partial charge on any atom is -0.473 e. The summed E-state index contributed by atoms with van der Waals surface area (Å²) in [7, 11) is 0. The summed E-state index contributed by atoms with van der Waals surface area (Å²) in [4.78, 5) is 7.97. The van der Waals surface area contributed by atoms with E-state index >= 15 is 0 Å². The third-order valence-corrected chi connectivity index (χ3v) is 2.25. The van der Waals surface area contributed by atoms with Crippen LogP contribution in [-0.2, 0) is 0 Å². The van der Waals surface area contributed by atoms with Crippen LogP contribution in [0.15, 0.2) is 12.4 Å². The third kappa shape index (κ3) is 1.66. The van der Waals surface area contributed by atoms with E-state index in [0.29, 0.717) is 11.6 Å². The first-order chi connectivity index (χ1) is 6.77. The molecule has 5 heteroatoms. The van der Waals surface area contributed by atoms with Crippen molar-refractivity contribution < 1.29 is 4.74 Å². The van der Waals surface area contributed by atoms with Crippen molar-refractivity contribution in [2.45, 2.75) is 25.4 Å². The number of nitrogens with zero attached hydrogens (tertiary/aromatic N) is 2. The first-order valence-corrected chi connectivity index (χ1v) is 4.59. The molecule has 1 aliphatic rings. The van der Waals surface area contributed by atoms with Crippen LogP contribution in [-0.4, -0.2) is 21.9 Å². The smallest absolute Gasteiger partial charge is 0.244 e. The molecule has 5 nitrogen and oxygen atoms in total. The highest BCUT2D eigenvalue weighted by atomic mass is 16.5. The molecule has 0 aromatic carbocycles. The summed E-state index contributed by atoms with van der Waals surface area (Å²) in [5.74, 6) is 0.275. The van der Waals surface area contributed by atoms with E-state index in [2.05, 4.69) is 9.97 Å². The molecule has 3 N–H and O–H groups in total. The first kappa shape index (κ1) is 8.93. The quantitative estimate of drug-likeness (QED) is 0.545. The number of nitrogen functional groups attached to an aromatic ring is 1. The molecule has 74 valence electrons. The SMILES string of the molecule is N=C(N)c1nccnc1OC1CCC1. The molecule has 0 unspecified atom stereocenters. The number of nitrogens with one attached hydrogen (secondary N) is 1. The fourth-order valence-electron chi connectivity index (χ4n) is 1.24. The topological polar surface area (TPSA) is 84.9 Å². The molecular formula is C9H12N4O. The van der Waals surface area contributed by atoms with Crippen molar-refractivity contribution in [2.24, 2.45) is 5.73 Å². The van der Waals surface area contributed by atoms with Gasteiger partial charge in [0, 0.05) is 12.4 Å². The Labute approximate surface area is 81.8 Å². The monoisotopic (exact) mass is 192 g/mol. The summed E-state index contributed by atoms with van der Waals surface area (Å²) in [6.45, 7) is 0. The summed E-state index contributed by atoms with van der Waals surface area (Å²) in [5, 5.41) is 7.29. The fourth-order valence-corrected chi connectivity index (χ4v) is 1.24. The molecular weight excluding hydrogens is 180 g/mol. The van der Waals surface area contributed by atoms with E-state index in [0.717, 1.165) is 12.8 Å². The summed E-state index contributed by atoms with van der Waals surface area (Å²) in [6.07, 6.45) is 6.57. The van der Waals surface area contributed by atoms with Crippen LogP contribution in [0.25, 0.3) is 0 Å². The Hall–Kier alpha value is -1.65. The second-order valence-corrected chi connectivity index (χ2v) is 3.29. The van der Waals surface area contributed by atoms with Crippen molar-refractivity contribution in [3.63, 3.8) is 0 Å². The second-order valence-electron chi connectivity index (χ2n) is 3.29. The summed E-state index contributed by atoms with van der Waals surface area (Å²) < 4.78 is 5.55. The van der Waals surface area contributed by atoms with Gasteiger partial charge in [0.25, 0.3) is 0 Å². The molecule has 0 radical (unpaired) electrons. The zero-order valence-corrected chi connectivity index (χ0v) is 7.73. The zero-order chi connectivity index (χ0) is 9.97. The van der Waals surface area contributed by atoms with Gasteiger partial charge in [0.2, 0.25) is 5.88 Å². The third-order valence-electron chi connectivity index (χ3n) is 2.25. The largest absolute Gasteiger partial charge is 0.473 e. The van der Waals surface area contributed by atoms with Gasteiger partial charge >= 0.3 is 0 Å². The predicted molar refractivity (Wildman–Crippen MR) is 51.3 cm³/mol. The van der Waals surface area contributed by atoms with Crippen LogP contribution in [0.4, 0.5) is 0 Å². The predicted octanol–water partition coefficient (Wildman–Crippen LogP) is 0.692. The van der Waals surface area contributed by atoms with Crippen LogP contribution in [0, 0.1) is 5.41 Å². The molecule has 1 aromatic heterocycles. The van der Waals surface area contributed by atoms with Gasteiger partial charge < -0.3 is 10.5 Å². The Morgan fingerprint density at radius 3 is 2.71 bits per heavy atom. The van der Waals surface area contributed by atoms with Gasteiger partial charge in [-0.3, -0.25) is 5.41 Å². The van der Waals surface area contributed by atoms with Gasteiger partial charge in [-0.2, -0.15) is 0 Å². The number of hydrogen-bond donors (Lipinski definition) is 2. The lowest BCUT2D eigenvalue weighted by Crippen LogP contribution is -2.27. The number of ether oxygens (including phenoxy) is 1. The van der Waals surface area contributed by atoms with Gasteiger partial charge in [-0.15, -0.1) is 0 Å². The van der Waals surface area contributed by atoms with Crippen LogP contribution < -0.4 is 10.5 Å². The average Bonchev–Trinajstić information content (AvgIpc) is 2.12. The maximum atomic E-state index is 7.29. The van der Waals surface area contributed by atoms with Crippen LogP contribution >= 0.6 is 0 Å². The maximum absolute atomic E-state index is 7.29. The number of aromatic nitrogens is 2. The molecule has 1 heterocycles. The lowest BCUT2D eigenvalue weighted by atomic mass is 9.96. The molecule has 1 aromatic rings. The number of amidine groups is 1.